The molecule has 0 bridgehead atoms. The largest absolute Gasteiger partial charge is 0.390 e. The zero-order valence-electron chi connectivity index (χ0n) is 12.8. The van der Waals surface area contributed by atoms with Gasteiger partial charge in [-0.05, 0) is 19.1 Å². The predicted octanol–water partition coefficient (Wildman–Crippen LogP) is 1.04. The number of nitrogens with zero attached hydrogens (tertiary/aromatic N) is 3. The van der Waals surface area contributed by atoms with E-state index in [0.29, 0.717) is 13.1 Å². The second-order valence-electron chi connectivity index (χ2n) is 5.69. The third-order valence-corrected chi connectivity index (χ3v) is 3.87. The predicted molar refractivity (Wildman–Crippen MR) is 86.0 cm³/mol. The Hall–Kier alpha value is -1.76. The molecule has 2 N–H and O–H groups in total. The van der Waals surface area contributed by atoms with Crippen LogP contribution in [0.2, 0.25) is 0 Å². The molecule has 0 amide bonds. The van der Waals surface area contributed by atoms with Crippen LogP contribution in [0.1, 0.15) is 5.56 Å². The maximum atomic E-state index is 10.2. The summed E-state index contributed by atoms with van der Waals surface area (Å²) in [4.78, 5) is 10.8. The van der Waals surface area contributed by atoms with Gasteiger partial charge in [0, 0.05) is 31.6 Å². The van der Waals surface area contributed by atoms with Crippen LogP contribution < -0.4 is 5.32 Å². The van der Waals surface area contributed by atoms with E-state index in [-0.39, 0.29) is 0 Å². The van der Waals surface area contributed by atoms with E-state index in [1.165, 1.54) is 5.56 Å². The highest BCUT2D eigenvalue weighted by molar-refractivity contribution is 5.89. The first-order chi connectivity index (χ1) is 10.7. The summed E-state index contributed by atoms with van der Waals surface area (Å²) in [5.41, 5.74) is 2.07. The summed E-state index contributed by atoms with van der Waals surface area (Å²) < 4.78 is 5.31. The molecular formula is C16H22N4O2. The van der Waals surface area contributed by atoms with Gasteiger partial charge < -0.3 is 15.2 Å². The zero-order chi connectivity index (χ0) is 15.4. The third-order valence-electron chi connectivity index (χ3n) is 3.87. The molecule has 1 aliphatic heterocycles. The molecule has 1 aliphatic rings. The summed E-state index contributed by atoms with van der Waals surface area (Å²) in [5, 5.41) is 14.4. The summed E-state index contributed by atoms with van der Waals surface area (Å²) in [6, 6.07) is 6.08. The Kier molecular flexibility index (Phi) is 4.82. The first kappa shape index (κ1) is 15.1. The smallest absolute Gasteiger partial charge is 0.137 e. The summed E-state index contributed by atoms with van der Waals surface area (Å²) in [7, 11) is 0. The first-order valence-corrected chi connectivity index (χ1v) is 7.66. The van der Waals surface area contributed by atoms with Gasteiger partial charge in [-0.3, -0.25) is 4.90 Å². The minimum Gasteiger partial charge on any atom is -0.390 e. The maximum absolute atomic E-state index is 10.2. The number of morpholine rings is 1. The third kappa shape index (κ3) is 3.71. The number of rotatable bonds is 5. The van der Waals surface area contributed by atoms with E-state index in [9.17, 15) is 5.11 Å². The lowest BCUT2D eigenvalue weighted by molar-refractivity contribution is 0.0171. The van der Waals surface area contributed by atoms with Crippen molar-refractivity contribution in [3.05, 3.63) is 30.1 Å². The monoisotopic (exact) mass is 302 g/mol. The van der Waals surface area contributed by atoms with Gasteiger partial charge in [0.15, 0.2) is 0 Å². The Balaban J connectivity index is 1.62. The van der Waals surface area contributed by atoms with E-state index in [1.54, 1.807) is 6.33 Å². The number of fused-ring (bicyclic) bond motifs is 1. The van der Waals surface area contributed by atoms with Gasteiger partial charge in [-0.2, -0.15) is 0 Å². The molecule has 118 valence electrons. The summed E-state index contributed by atoms with van der Waals surface area (Å²) in [6.45, 7) is 6.42. The van der Waals surface area contributed by atoms with Gasteiger partial charge in [-0.15, -0.1) is 0 Å². The van der Waals surface area contributed by atoms with Gasteiger partial charge in [-0.25, -0.2) is 9.97 Å². The fourth-order valence-corrected chi connectivity index (χ4v) is 2.67. The number of anilines is 1. The van der Waals surface area contributed by atoms with Crippen LogP contribution in [0.15, 0.2) is 24.5 Å². The average Bonchev–Trinajstić information content (AvgIpc) is 2.54. The molecule has 6 heteroatoms. The molecule has 0 aliphatic carbocycles. The highest BCUT2D eigenvalue weighted by atomic mass is 16.5. The fraction of sp³-hybridized carbons (Fsp3) is 0.500. The normalized spacial score (nSPS) is 17.5. The van der Waals surface area contributed by atoms with Gasteiger partial charge in [0.25, 0.3) is 0 Å². The molecule has 3 rings (SSSR count). The van der Waals surface area contributed by atoms with Crippen molar-refractivity contribution >= 4 is 16.7 Å². The highest BCUT2D eigenvalue weighted by Gasteiger charge is 2.15. The molecule has 1 unspecified atom stereocenters. The number of ether oxygens (including phenoxy) is 1. The van der Waals surface area contributed by atoms with Crippen molar-refractivity contribution in [2.75, 3.05) is 44.7 Å². The first-order valence-electron chi connectivity index (χ1n) is 7.66. The number of β-amino-alcohol motifs (C(OH)–C–C–N with tert-alkyl or cyclic N) is 1. The van der Waals surface area contributed by atoms with Gasteiger partial charge in [0.2, 0.25) is 0 Å². The van der Waals surface area contributed by atoms with E-state index in [4.69, 9.17) is 4.74 Å². The molecule has 2 aromatic rings. The van der Waals surface area contributed by atoms with Crippen LogP contribution >= 0.6 is 0 Å². The lowest BCUT2D eigenvalue weighted by atomic mass is 10.1. The van der Waals surface area contributed by atoms with Crippen LogP contribution in [0.3, 0.4) is 0 Å². The van der Waals surface area contributed by atoms with Crippen LogP contribution in [0.5, 0.6) is 0 Å². The minimum absolute atomic E-state index is 0.437. The Morgan fingerprint density at radius 3 is 2.95 bits per heavy atom. The van der Waals surface area contributed by atoms with Crippen LogP contribution in [-0.4, -0.2) is 65.5 Å². The zero-order valence-corrected chi connectivity index (χ0v) is 12.8. The molecule has 0 spiro atoms. The van der Waals surface area contributed by atoms with Gasteiger partial charge >= 0.3 is 0 Å². The number of hydrogen-bond donors (Lipinski definition) is 2. The van der Waals surface area contributed by atoms with Crippen molar-refractivity contribution in [2.45, 2.75) is 13.0 Å². The SMILES string of the molecule is Cc1ccc2ncnc(NCC(O)CN3CCOCC3)c2c1. The second-order valence-corrected chi connectivity index (χ2v) is 5.69. The van der Waals surface area contributed by atoms with E-state index in [0.717, 1.165) is 43.0 Å². The Morgan fingerprint density at radius 2 is 2.14 bits per heavy atom. The molecule has 0 radical (unpaired) electrons. The number of hydrogen-bond acceptors (Lipinski definition) is 6. The quantitative estimate of drug-likeness (QED) is 0.860. The molecule has 1 atom stereocenters. The average molecular weight is 302 g/mol. The van der Waals surface area contributed by atoms with Crippen molar-refractivity contribution in [3.8, 4) is 0 Å². The molecular weight excluding hydrogens is 280 g/mol. The van der Waals surface area contributed by atoms with Gasteiger partial charge in [0.1, 0.15) is 12.1 Å². The van der Waals surface area contributed by atoms with Crippen molar-refractivity contribution in [2.24, 2.45) is 0 Å². The van der Waals surface area contributed by atoms with E-state index in [1.807, 2.05) is 19.1 Å². The number of nitrogens with one attached hydrogen (secondary N) is 1. The maximum Gasteiger partial charge on any atom is 0.137 e. The molecule has 1 aromatic heterocycles. The summed E-state index contributed by atoms with van der Waals surface area (Å²) in [6.07, 6.45) is 1.11. The van der Waals surface area contributed by atoms with Crippen LogP contribution in [0, 0.1) is 6.92 Å². The fourth-order valence-electron chi connectivity index (χ4n) is 2.67. The molecule has 22 heavy (non-hydrogen) atoms. The highest BCUT2D eigenvalue weighted by Crippen LogP contribution is 2.20. The van der Waals surface area contributed by atoms with E-state index >= 15 is 0 Å². The van der Waals surface area contributed by atoms with Crippen LogP contribution in [-0.2, 0) is 4.74 Å². The topological polar surface area (TPSA) is 70.5 Å². The molecule has 1 fully saturated rings. The second kappa shape index (κ2) is 7.00. The Bertz CT molecular complexity index is 629. The summed E-state index contributed by atoms with van der Waals surface area (Å²) >= 11 is 0. The number of benzene rings is 1. The van der Waals surface area contributed by atoms with Crippen molar-refractivity contribution in [3.63, 3.8) is 0 Å². The van der Waals surface area contributed by atoms with Gasteiger partial charge in [-0.1, -0.05) is 11.6 Å². The number of aliphatic hydroxyl groups is 1. The van der Waals surface area contributed by atoms with Crippen molar-refractivity contribution in [1.82, 2.24) is 14.9 Å². The Morgan fingerprint density at radius 1 is 1.32 bits per heavy atom. The van der Waals surface area contributed by atoms with Crippen molar-refractivity contribution < 1.29 is 9.84 Å². The lowest BCUT2D eigenvalue weighted by Crippen LogP contribution is -2.42. The lowest BCUT2D eigenvalue weighted by Gasteiger charge is -2.28. The standard InChI is InChI=1S/C16H22N4O2/c1-12-2-3-15-14(8-12)16(19-11-18-15)17-9-13(21)10-20-4-6-22-7-5-20/h2-3,8,11,13,21H,4-7,9-10H2,1H3,(H,17,18,19). The summed E-state index contributed by atoms with van der Waals surface area (Å²) in [5.74, 6) is 0.773. The van der Waals surface area contributed by atoms with E-state index < -0.39 is 6.10 Å². The molecule has 2 heterocycles. The van der Waals surface area contributed by atoms with Crippen LogP contribution in [0.4, 0.5) is 5.82 Å². The number of aryl methyl sites for hydroxylation is 1. The molecule has 1 saturated heterocycles. The van der Waals surface area contributed by atoms with Crippen LogP contribution in [0.25, 0.3) is 10.9 Å². The minimum atomic E-state index is -0.437. The molecule has 6 nitrogen and oxygen atoms in total. The Labute approximate surface area is 130 Å². The number of aromatic nitrogens is 2. The van der Waals surface area contributed by atoms with E-state index in [2.05, 4.69) is 26.3 Å². The van der Waals surface area contributed by atoms with Crippen molar-refractivity contribution in [1.29, 1.82) is 0 Å². The van der Waals surface area contributed by atoms with Gasteiger partial charge in [0.05, 0.1) is 24.8 Å². The number of aliphatic hydroxyl groups excluding tert-OH is 1. The molecule has 1 aromatic carbocycles. The molecule has 0 saturated carbocycles.